The Kier molecular flexibility index (Phi) is 4.91. The fourth-order valence-electron chi connectivity index (χ4n) is 2.63. The molecule has 0 N–H and O–H groups in total. The number of hydrogen-bond donors (Lipinski definition) is 0. The molecule has 0 radical (unpaired) electrons. The highest BCUT2D eigenvalue weighted by Crippen LogP contribution is 2.23. The van der Waals surface area contributed by atoms with Gasteiger partial charge in [-0.25, -0.2) is 0 Å². The van der Waals surface area contributed by atoms with E-state index in [1.54, 1.807) is 0 Å². The SMILES string of the molecule is CCN(CC)CCC(=O)c1ccc(C)c2ccccc12. The number of benzene rings is 2. The minimum atomic E-state index is 0.244. The van der Waals surface area contributed by atoms with Crippen molar-refractivity contribution in [1.29, 1.82) is 0 Å². The van der Waals surface area contributed by atoms with Gasteiger partial charge in [0.2, 0.25) is 0 Å². The molecule has 106 valence electrons. The van der Waals surface area contributed by atoms with Crippen molar-refractivity contribution >= 4 is 16.6 Å². The lowest BCUT2D eigenvalue weighted by molar-refractivity contribution is 0.0968. The summed E-state index contributed by atoms with van der Waals surface area (Å²) in [6.45, 7) is 9.20. The molecule has 2 rings (SSSR count). The monoisotopic (exact) mass is 269 g/mol. The number of ketones is 1. The maximum absolute atomic E-state index is 12.5. The molecule has 0 heterocycles. The lowest BCUT2D eigenvalue weighted by Crippen LogP contribution is -2.25. The molecule has 0 fully saturated rings. The molecule has 2 aromatic rings. The molecule has 2 nitrogen and oxygen atoms in total. The molecule has 2 heteroatoms. The van der Waals surface area contributed by atoms with Gasteiger partial charge in [0.1, 0.15) is 0 Å². The summed E-state index contributed by atoms with van der Waals surface area (Å²) in [5, 5.41) is 2.26. The van der Waals surface area contributed by atoms with E-state index in [9.17, 15) is 4.79 Å². The Hall–Kier alpha value is -1.67. The molecule has 0 saturated heterocycles. The highest BCUT2D eigenvalue weighted by molar-refractivity contribution is 6.08. The normalized spacial score (nSPS) is 11.2. The minimum absolute atomic E-state index is 0.244. The first-order valence-electron chi connectivity index (χ1n) is 7.41. The molecule has 0 unspecified atom stereocenters. The lowest BCUT2D eigenvalue weighted by atomic mass is 9.97. The van der Waals surface area contributed by atoms with E-state index in [4.69, 9.17) is 0 Å². The van der Waals surface area contributed by atoms with E-state index < -0.39 is 0 Å². The molecule has 0 atom stereocenters. The first kappa shape index (κ1) is 14.7. The largest absolute Gasteiger partial charge is 0.303 e. The molecule has 20 heavy (non-hydrogen) atoms. The second-order valence-corrected chi connectivity index (χ2v) is 5.18. The molecule has 0 aliphatic carbocycles. The fraction of sp³-hybridized carbons (Fsp3) is 0.389. The van der Waals surface area contributed by atoms with Crippen LogP contribution >= 0.6 is 0 Å². The third-order valence-electron chi connectivity index (χ3n) is 3.99. The summed E-state index contributed by atoms with van der Waals surface area (Å²) in [4.78, 5) is 14.8. The fourth-order valence-corrected chi connectivity index (χ4v) is 2.63. The summed E-state index contributed by atoms with van der Waals surface area (Å²) in [7, 11) is 0. The first-order valence-corrected chi connectivity index (χ1v) is 7.41. The van der Waals surface area contributed by atoms with Gasteiger partial charge in [0, 0.05) is 18.5 Å². The van der Waals surface area contributed by atoms with Crippen LogP contribution in [0.1, 0.15) is 36.2 Å². The molecule has 0 aromatic heterocycles. The molecule has 0 spiro atoms. The number of nitrogens with zero attached hydrogens (tertiary/aromatic N) is 1. The van der Waals surface area contributed by atoms with Crippen LogP contribution < -0.4 is 0 Å². The van der Waals surface area contributed by atoms with Crippen LogP contribution in [0.5, 0.6) is 0 Å². The van der Waals surface area contributed by atoms with Crippen molar-refractivity contribution in [3.05, 3.63) is 47.5 Å². The van der Waals surface area contributed by atoms with Gasteiger partial charge in [-0.15, -0.1) is 0 Å². The van der Waals surface area contributed by atoms with Crippen molar-refractivity contribution in [2.75, 3.05) is 19.6 Å². The van der Waals surface area contributed by atoms with Gasteiger partial charge in [0.05, 0.1) is 0 Å². The van der Waals surface area contributed by atoms with Gasteiger partial charge in [0.25, 0.3) is 0 Å². The summed E-state index contributed by atoms with van der Waals surface area (Å²) in [5.74, 6) is 0.244. The van der Waals surface area contributed by atoms with E-state index in [1.165, 1.54) is 10.9 Å². The standard InChI is InChI=1S/C18H23NO/c1-4-19(5-2)13-12-18(20)17-11-10-14(3)15-8-6-7-9-16(15)17/h6-11H,4-5,12-13H2,1-3H3. The van der Waals surface area contributed by atoms with Gasteiger partial charge < -0.3 is 4.90 Å². The van der Waals surface area contributed by atoms with Crippen molar-refractivity contribution in [3.63, 3.8) is 0 Å². The third-order valence-corrected chi connectivity index (χ3v) is 3.99. The molecular formula is C18H23NO. The predicted molar refractivity (Wildman–Crippen MR) is 85.4 cm³/mol. The Morgan fingerprint density at radius 3 is 2.30 bits per heavy atom. The van der Waals surface area contributed by atoms with Gasteiger partial charge in [0.15, 0.2) is 5.78 Å². The van der Waals surface area contributed by atoms with E-state index in [1.807, 2.05) is 30.3 Å². The van der Waals surface area contributed by atoms with Crippen molar-refractivity contribution in [2.24, 2.45) is 0 Å². The van der Waals surface area contributed by atoms with Crippen molar-refractivity contribution in [1.82, 2.24) is 4.90 Å². The predicted octanol–water partition coefficient (Wildman–Crippen LogP) is 4.06. The third kappa shape index (κ3) is 3.07. The highest BCUT2D eigenvalue weighted by Gasteiger charge is 2.12. The van der Waals surface area contributed by atoms with Gasteiger partial charge in [-0.05, 0) is 36.3 Å². The average molecular weight is 269 g/mol. The number of rotatable bonds is 6. The Morgan fingerprint density at radius 1 is 1.00 bits per heavy atom. The van der Waals surface area contributed by atoms with Crippen LogP contribution in [0.25, 0.3) is 10.8 Å². The number of Topliss-reactive ketones (excluding diaryl/α,β-unsaturated/α-hetero) is 1. The lowest BCUT2D eigenvalue weighted by Gasteiger charge is -2.17. The Labute approximate surface area is 121 Å². The summed E-state index contributed by atoms with van der Waals surface area (Å²) < 4.78 is 0. The second-order valence-electron chi connectivity index (χ2n) is 5.18. The summed E-state index contributed by atoms with van der Waals surface area (Å²) in [6, 6.07) is 12.2. The molecule has 0 bridgehead atoms. The summed E-state index contributed by atoms with van der Waals surface area (Å²) in [5.41, 5.74) is 2.08. The zero-order chi connectivity index (χ0) is 14.5. The smallest absolute Gasteiger partial charge is 0.164 e. The highest BCUT2D eigenvalue weighted by atomic mass is 16.1. The zero-order valence-electron chi connectivity index (χ0n) is 12.6. The van der Waals surface area contributed by atoms with Gasteiger partial charge in [-0.1, -0.05) is 50.2 Å². The first-order chi connectivity index (χ1) is 9.67. The van der Waals surface area contributed by atoms with Crippen LogP contribution in [0.2, 0.25) is 0 Å². The number of hydrogen-bond acceptors (Lipinski definition) is 2. The quantitative estimate of drug-likeness (QED) is 0.737. The van der Waals surface area contributed by atoms with E-state index in [2.05, 4.69) is 31.7 Å². The molecule has 0 aliphatic rings. The molecule has 0 amide bonds. The van der Waals surface area contributed by atoms with Gasteiger partial charge >= 0.3 is 0 Å². The van der Waals surface area contributed by atoms with E-state index >= 15 is 0 Å². The van der Waals surface area contributed by atoms with Gasteiger partial charge in [-0.3, -0.25) is 4.79 Å². The van der Waals surface area contributed by atoms with Crippen molar-refractivity contribution < 1.29 is 4.79 Å². The molecular weight excluding hydrogens is 246 g/mol. The number of carbonyl (C=O) groups excluding carboxylic acids is 1. The summed E-state index contributed by atoms with van der Waals surface area (Å²) >= 11 is 0. The maximum Gasteiger partial charge on any atom is 0.164 e. The van der Waals surface area contributed by atoms with Crippen molar-refractivity contribution in [3.8, 4) is 0 Å². The number of aryl methyl sites for hydroxylation is 1. The molecule has 2 aromatic carbocycles. The molecule has 0 saturated carbocycles. The van der Waals surface area contributed by atoms with Crippen LogP contribution in [-0.2, 0) is 0 Å². The van der Waals surface area contributed by atoms with Gasteiger partial charge in [-0.2, -0.15) is 0 Å². The number of carbonyl (C=O) groups is 1. The second kappa shape index (κ2) is 6.67. The average Bonchev–Trinajstić information content (AvgIpc) is 2.48. The minimum Gasteiger partial charge on any atom is -0.303 e. The number of fused-ring (bicyclic) bond motifs is 1. The van der Waals surface area contributed by atoms with E-state index in [0.717, 1.165) is 30.6 Å². The Morgan fingerprint density at radius 2 is 1.65 bits per heavy atom. The van der Waals surface area contributed by atoms with Crippen LogP contribution in [0.4, 0.5) is 0 Å². The zero-order valence-corrected chi connectivity index (χ0v) is 12.6. The van der Waals surface area contributed by atoms with E-state index in [-0.39, 0.29) is 5.78 Å². The van der Waals surface area contributed by atoms with Crippen LogP contribution in [0, 0.1) is 6.92 Å². The van der Waals surface area contributed by atoms with E-state index in [0.29, 0.717) is 6.42 Å². The van der Waals surface area contributed by atoms with Crippen molar-refractivity contribution in [2.45, 2.75) is 27.2 Å². The van der Waals surface area contributed by atoms with Crippen LogP contribution in [-0.4, -0.2) is 30.3 Å². The topological polar surface area (TPSA) is 20.3 Å². The summed E-state index contributed by atoms with van der Waals surface area (Å²) in [6.07, 6.45) is 0.592. The molecule has 0 aliphatic heterocycles. The van der Waals surface area contributed by atoms with Crippen LogP contribution in [0.3, 0.4) is 0 Å². The Bertz CT molecular complexity index is 599. The van der Waals surface area contributed by atoms with Crippen LogP contribution in [0.15, 0.2) is 36.4 Å². The maximum atomic E-state index is 12.5. The Balaban J connectivity index is 2.25.